The third kappa shape index (κ3) is 4.41. The van der Waals surface area contributed by atoms with Crippen LogP contribution < -0.4 is 4.74 Å². The number of benzene rings is 1. The van der Waals surface area contributed by atoms with Gasteiger partial charge < -0.3 is 9.84 Å². The van der Waals surface area contributed by atoms with E-state index in [2.05, 4.69) is 15.9 Å². The molecule has 0 spiro atoms. The van der Waals surface area contributed by atoms with Gasteiger partial charge in [-0.3, -0.25) is 0 Å². The van der Waals surface area contributed by atoms with Gasteiger partial charge in [-0.25, -0.2) is 4.79 Å². The molecule has 0 aromatic heterocycles. The van der Waals surface area contributed by atoms with Gasteiger partial charge in [0.2, 0.25) is 0 Å². The fraction of sp³-hybridized carbons (Fsp3) is 0.364. The van der Waals surface area contributed by atoms with Crippen molar-refractivity contribution >= 4 is 34.3 Å². The first-order valence-corrected chi connectivity index (χ1v) is 5.58. The number of halogens is 2. The zero-order valence-electron chi connectivity index (χ0n) is 8.85. The molecule has 1 aromatic rings. The van der Waals surface area contributed by atoms with Crippen LogP contribution in [0.1, 0.15) is 19.8 Å². The van der Waals surface area contributed by atoms with E-state index >= 15 is 0 Å². The molecule has 90 valence electrons. The standard InChI is InChI=1S/C11H13BrO3.ClH/c1-2-5-10(11(13)14)15-9-7-4-3-6-8(9)12;/h3-4,6-7,10H,2,5H2,1H3,(H,13,14);1H. The molecule has 3 nitrogen and oxygen atoms in total. The van der Waals surface area contributed by atoms with Gasteiger partial charge in [-0.1, -0.05) is 25.5 Å². The van der Waals surface area contributed by atoms with E-state index in [9.17, 15) is 4.79 Å². The maximum absolute atomic E-state index is 10.9. The summed E-state index contributed by atoms with van der Waals surface area (Å²) in [7, 11) is 0. The first-order chi connectivity index (χ1) is 7.15. The Balaban J connectivity index is 0.00000225. The van der Waals surface area contributed by atoms with E-state index < -0.39 is 12.1 Å². The molecule has 1 N–H and O–H groups in total. The fourth-order valence-corrected chi connectivity index (χ4v) is 1.57. The van der Waals surface area contributed by atoms with E-state index in [-0.39, 0.29) is 12.4 Å². The van der Waals surface area contributed by atoms with Crippen LogP contribution in [0, 0.1) is 0 Å². The number of carboxylic acids is 1. The zero-order chi connectivity index (χ0) is 11.3. The highest BCUT2D eigenvalue weighted by Crippen LogP contribution is 2.25. The maximum atomic E-state index is 10.9. The largest absolute Gasteiger partial charge is 0.479 e. The third-order valence-corrected chi connectivity index (χ3v) is 2.59. The molecular weight excluding hydrogens is 295 g/mol. The molecule has 0 saturated heterocycles. The van der Waals surface area contributed by atoms with Crippen molar-refractivity contribution in [2.45, 2.75) is 25.9 Å². The van der Waals surface area contributed by atoms with Crippen LogP contribution in [-0.4, -0.2) is 17.2 Å². The highest BCUT2D eigenvalue weighted by atomic mass is 79.9. The Morgan fingerprint density at radius 3 is 2.62 bits per heavy atom. The van der Waals surface area contributed by atoms with Crippen LogP contribution in [0.2, 0.25) is 0 Å². The summed E-state index contributed by atoms with van der Waals surface area (Å²) in [6, 6.07) is 7.23. The first kappa shape index (κ1) is 15.3. The fourth-order valence-electron chi connectivity index (χ4n) is 1.19. The lowest BCUT2D eigenvalue weighted by molar-refractivity contribution is -0.145. The van der Waals surface area contributed by atoms with Gasteiger partial charge >= 0.3 is 5.97 Å². The average molecular weight is 310 g/mol. The molecule has 5 heteroatoms. The molecule has 0 bridgehead atoms. The second-order valence-electron chi connectivity index (χ2n) is 3.16. The summed E-state index contributed by atoms with van der Waals surface area (Å²) in [5.74, 6) is -0.356. The minimum absolute atomic E-state index is 0. The van der Waals surface area contributed by atoms with Gasteiger partial charge in [-0.2, -0.15) is 0 Å². The van der Waals surface area contributed by atoms with E-state index in [0.717, 1.165) is 10.9 Å². The number of rotatable bonds is 5. The lowest BCUT2D eigenvalue weighted by atomic mass is 10.2. The molecule has 0 saturated carbocycles. The third-order valence-electron chi connectivity index (χ3n) is 1.93. The van der Waals surface area contributed by atoms with Gasteiger partial charge in [0.05, 0.1) is 4.47 Å². The Labute approximate surface area is 109 Å². The summed E-state index contributed by atoms with van der Waals surface area (Å²) in [6.07, 6.45) is 0.520. The molecule has 0 aliphatic carbocycles. The van der Waals surface area contributed by atoms with Crippen molar-refractivity contribution in [2.75, 3.05) is 0 Å². The van der Waals surface area contributed by atoms with Gasteiger partial charge in [-0.05, 0) is 34.5 Å². The van der Waals surface area contributed by atoms with Crippen LogP contribution in [0.5, 0.6) is 5.75 Å². The van der Waals surface area contributed by atoms with Crippen molar-refractivity contribution in [1.29, 1.82) is 0 Å². The number of hydrogen-bond acceptors (Lipinski definition) is 2. The van der Waals surface area contributed by atoms with Crippen molar-refractivity contribution in [3.63, 3.8) is 0 Å². The van der Waals surface area contributed by atoms with Crippen LogP contribution in [-0.2, 0) is 4.79 Å². The average Bonchev–Trinajstić information content (AvgIpc) is 2.20. The summed E-state index contributed by atoms with van der Waals surface area (Å²) < 4.78 is 6.17. The summed E-state index contributed by atoms with van der Waals surface area (Å²) >= 11 is 3.31. The summed E-state index contributed by atoms with van der Waals surface area (Å²) in [6.45, 7) is 1.93. The molecule has 0 fully saturated rings. The van der Waals surface area contributed by atoms with E-state index in [4.69, 9.17) is 9.84 Å². The van der Waals surface area contributed by atoms with E-state index in [1.54, 1.807) is 6.07 Å². The summed E-state index contributed by atoms with van der Waals surface area (Å²) in [5, 5.41) is 8.92. The number of carboxylic acid groups (broad SMARTS) is 1. The molecule has 0 aliphatic rings. The van der Waals surface area contributed by atoms with E-state index in [1.165, 1.54) is 0 Å². The quantitative estimate of drug-likeness (QED) is 0.905. The van der Waals surface area contributed by atoms with Crippen molar-refractivity contribution in [2.24, 2.45) is 0 Å². The van der Waals surface area contributed by atoms with Crippen LogP contribution >= 0.6 is 28.3 Å². The summed E-state index contributed by atoms with van der Waals surface area (Å²) in [5.41, 5.74) is 0. The van der Waals surface area contributed by atoms with Gasteiger partial charge in [-0.15, -0.1) is 12.4 Å². The molecule has 0 aliphatic heterocycles. The van der Waals surface area contributed by atoms with Gasteiger partial charge in [0.1, 0.15) is 5.75 Å². The number of hydrogen-bond donors (Lipinski definition) is 1. The number of para-hydroxylation sites is 1. The lowest BCUT2D eigenvalue weighted by Gasteiger charge is -2.15. The predicted molar refractivity (Wildman–Crippen MR) is 68.3 cm³/mol. The first-order valence-electron chi connectivity index (χ1n) is 4.79. The second kappa shape index (κ2) is 7.52. The minimum atomic E-state index is -0.924. The van der Waals surface area contributed by atoms with Crippen LogP contribution in [0.25, 0.3) is 0 Å². The van der Waals surface area contributed by atoms with Crippen molar-refractivity contribution < 1.29 is 14.6 Å². The number of carbonyl (C=O) groups is 1. The zero-order valence-corrected chi connectivity index (χ0v) is 11.3. The molecular formula is C11H14BrClO3. The molecule has 0 amide bonds. The molecule has 1 atom stereocenters. The van der Waals surface area contributed by atoms with Gasteiger partial charge in [0.25, 0.3) is 0 Å². The lowest BCUT2D eigenvalue weighted by Crippen LogP contribution is -2.26. The van der Waals surface area contributed by atoms with Crippen molar-refractivity contribution in [3.05, 3.63) is 28.7 Å². The van der Waals surface area contributed by atoms with Crippen LogP contribution in [0.3, 0.4) is 0 Å². The van der Waals surface area contributed by atoms with Crippen LogP contribution in [0.15, 0.2) is 28.7 Å². The second-order valence-corrected chi connectivity index (χ2v) is 4.02. The Morgan fingerprint density at radius 2 is 2.12 bits per heavy atom. The molecule has 16 heavy (non-hydrogen) atoms. The molecule has 1 unspecified atom stereocenters. The summed E-state index contributed by atoms with van der Waals surface area (Å²) in [4.78, 5) is 10.9. The van der Waals surface area contributed by atoms with E-state index in [0.29, 0.717) is 12.2 Å². The Morgan fingerprint density at radius 1 is 1.50 bits per heavy atom. The highest BCUT2D eigenvalue weighted by Gasteiger charge is 2.18. The van der Waals surface area contributed by atoms with Gasteiger partial charge in [0, 0.05) is 0 Å². The Kier molecular flexibility index (Phi) is 7.17. The van der Waals surface area contributed by atoms with Crippen molar-refractivity contribution in [1.82, 2.24) is 0 Å². The maximum Gasteiger partial charge on any atom is 0.344 e. The number of aliphatic carboxylic acids is 1. The normalized spacial score (nSPS) is 11.4. The Hall–Kier alpha value is -0.740. The smallest absolute Gasteiger partial charge is 0.344 e. The van der Waals surface area contributed by atoms with Crippen LogP contribution in [0.4, 0.5) is 0 Å². The number of ether oxygens (including phenoxy) is 1. The highest BCUT2D eigenvalue weighted by molar-refractivity contribution is 9.10. The monoisotopic (exact) mass is 308 g/mol. The molecule has 0 radical (unpaired) electrons. The predicted octanol–water partition coefficient (Wildman–Crippen LogP) is 3.50. The minimum Gasteiger partial charge on any atom is -0.479 e. The molecule has 1 rings (SSSR count). The SMILES string of the molecule is CCCC(Oc1ccccc1Br)C(=O)O.Cl. The van der Waals surface area contributed by atoms with E-state index in [1.807, 2.05) is 25.1 Å². The topological polar surface area (TPSA) is 46.5 Å². The molecule has 1 aromatic carbocycles. The molecule has 0 heterocycles. The van der Waals surface area contributed by atoms with Gasteiger partial charge in [0.15, 0.2) is 6.10 Å². The van der Waals surface area contributed by atoms with Crippen molar-refractivity contribution in [3.8, 4) is 5.75 Å². The Bertz CT molecular complexity index is 344.